The summed E-state index contributed by atoms with van der Waals surface area (Å²) in [7, 11) is 0. The Morgan fingerprint density at radius 3 is 2.47 bits per heavy atom. The molecule has 0 saturated carbocycles. The van der Waals surface area contributed by atoms with Crippen LogP contribution < -0.4 is 20.1 Å². The molecule has 0 aliphatic carbocycles. The first kappa shape index (κ1) is 31.1. The summed E-state index contributed by atoms with van der Waals surface area (Å²) in [6, 6.07) is 15.8. The van der Waals surface area contributed by atoms with Crippen molar-refractivity contribution in [2.75, 3.05) is 18.4 Å². The molecule has 1 aliphatic heterocycles. The molecule has 0 spiro atoms. The number of aliphatic carboxylic acids is 1. The predicted molar refractivity (Wildman–Crippen MR) is 156 cm³/mol. The van der Waals surface area contributed by atoms with Gasteiger partial charge in [-0.1, -0.05) is 0 Å². The molecule has 1 saturated heterocycles. The van der Waals surface area contributed by atoms with Gasteiger partial charge >= 0.3 is 12.1 Å². The molecule has 0 unspecified atom stereocenters. The van der Waals surface area contributed by atoms with Crippen LogP contribution in [0.4, 0.5) is 29.1 Å². The number of aromatic nitrogens is 5. The first-order valence-electron chi connectivity index (χ1n) is 13.7. The van der Waals surface area contributed by atoms with Gasteiger partial charge < -0.3 is 25.2 Å². The van der Waals surface area contributed by atoms with Gasteiger partial charge in [-0.25, -0.2) is 23.8 Å². The normalized spacial score (nSPS) is 13.5. The van der Waals surface area contributed by atoms with Crippen LogP contribution in [0.15, 0.2) is 73.3 Å². The smallest absolute Gasteiger partial charge is 0.490 e. The van der Waals surface area contributed by atoms with Gasteiger partial charge in [-0.3, -0.25) is 4.98 Å². The number of fused-ring (bicyclic) bond motifs is 1. The number of piperidine rings is 1. The molecule has 3 N–H and O–H groups in total. The van der Waals surface area contributed by atoms with E-state index in [4.69, 9.17) is 19.4 Å². The van der Waals surface area contributed by atoms with E-state index in [0.717, 1.165) is 54.0 Å². The molecule has 4 heterocycles. The van der Waals surface area contributed by atoms with Crippen molar-refractivity contribution >= 4 is 28.4 Å². The van der Waals surface area contributed by atoms with Crippen molar-refractivity contribution in [3.8, 4) is 23.1 Å². The van der Waals surface area contributed by atoms with Crippen LogP contribution in [0.25, 0.3) is 16.6 Å². The Labute approximate surface area is 253 Å². The minimum absolute atomic E-state index is 0.166. The van der Waals surface area contributed by atoms with Crippen LogP contribution in [0.5, 0.6) is 17.4 Å². The molecule has 0 radical (unpaired) electrons. The van der Waals surface area contributed by atoms with Crippen molar-refractivity contribution in [2.24, 2.45) is 0 Å². The fourth-order valence-electron chi connectivity index (χ4n) is 4.32. The van der Waals surface area contributed by atoms with Crippen molar-refractivity contribution in [1.29, 1.82) is 0 Å². The predicted octanol–water partition coefficient (Wildman–Crippen LogP) is 5.96. The number of rotatable bonds is 7. The Morgan fingerprint density at radius 1 is 1.02 bits per heavy atom. The van der Waals surface area contributed by atoms with Gasteiger partial charge in [0.25, 0.3) is 0 Å². The van der Waals surface area contributed by atoms with Crippen molar-refractivity contribution in [1.82, 2.24) is 30.0 Å². The molecule has 0 amide bonds. The van der Waals surface area contributed by atoms with Crippen LogP contribution in [-0.2, 0) is 4.79 Å². The fourth-order valence-corrected chi connectivity index (χ4v) is 4.32. The molecular formula is C30H27F4N7O4. The average molecular weight is 626 g/mol. The highest BCUT2D eigenvalue weighted by Crippen LogP contribution is 2.31. The summed E-state index contributed by atoms with van der Waals surface area (Å²) >= 11 is 0. The topological polar surface area (TPSA) is 136 Å². The van der Waals surface area contributed by atoms with Crippen molar-refractivity contribution in [2.45, 2.75) is 32.0 Å². The van der Waals surface area contributed by atoms with E-state index in [9.17, 15) is 13.2 Å². The van der Waals surface area contributed by atoms with Gasteiger partial charge in [0, 0.05) is 29.4 Å². The highest BCUT2D eigenvalue weighted by Gasteiger charge is 2.38. The second-order valence-electron chi connectivity index (χ2n) is 9.90. The van der Waals surface area contributed by atoms with Gasteiger partial charge in [0.15, 0.2) is 0 Å². The van der Waals surface area contributed by atoms with Crippen molar-refractivity contribution < 1.29 is 36.9 Å². The van der Waals surface area contributed by atoms with Gasteiger partial charge in [0.1, 0.15) is 35.6 Å². The van der Waals surface area contributed by atoms with Crippen LogP contribution in [0, 0.1) is 12.7 Å². The first-order chi connectivity index (χ1) is 21.5. The number of hydrogen-bond donors (Lipinski definition) is 3. The zero-order valence-electron chi connectivity index (χ0n) is 23.8. The average Bonchev–Trinajstić information content (AvgIpc) is 3.48. The van der Waals surface area contributed by atoms with Crippen molar-refractivity contribution in [3.63, 3.8) is 0 Å². The number of ether oxygens (including phenoxy) is 2. The Bertz CT molecular complexity index is 1780. The largest absolute Gasteiger partial charge is 0.490 e. The molecule has 11 nitrogen and oxygen atoms in total. The van der Waals surface area contributed by atoms with Crippen LogP contribution in [-0.4, -0.2) is 61.2 Å². The van der Waals surface area contributed by atoms with Crippen LogP contribution in [0.1, 0.15) is 18.5 Å². The molecule has 0 bridgehead atoms. The molecule has 2 aromatic carbocycles. The second-order valence-corrected chi connectivity index (χ2v) is 9.90. The number of carboxylic acid groups (broad SMARTS) is 1. The SMILES string of the molecule is Cc1ccc(-n2ccc(Oc3ccc(Nc4ncnc5ccc(OC6CCNCC6)cc45)c(F)c3)n2)cn1.O=C(O)C(F)(F)F. The highest BCUT2D eigenvalue weighted by molar-refractivity contribution is 5.91. The molecule has 15 heteroatoms. The number of benzene rings is 2. The minimum Gasteiger partial charge on any atom is -0.490 e. The summed E-state index contributed by atoms with van der Waals surface area (Å²) in [5.41, 5.74) is 2.72. The lowest BCUT2D eigenvalue weighted by molar-refractivity contribution is -0.192. The van der Waals surface area contributed by atoms with E-state index in [2.05, 4.69) is 30.7 Å². The molecule has 3 aromatic heterocycles. The Morgan fingerprint density at radius 2 is 1.78 bits per heavy atom. The third kappa shape index (κ3) is 8.20. The summed E-state index contributed by atoms with van der Waals surface area (Å²) < 4.78 is 60.4. The van der Waals surface area contributed by atoms with E-state index in [-0.39, 0.29) is 11.8 Å². The maximum atomic E-state index is 15.1. The van der Waals surface area contributed by atoms with E-state index in [1.165, 1.54) is 12.4 Å². The molecule has 5 aromatic rings. The Hall–Kier alpha value is -5.31. The van der Waals surface area contributed by atoms with Gasteiger partial charge in [0.2, 0.25) is 5.88 Å². The number of aryl methyl sites for hydroxylation is 1. The van der Waals surface area contributed by atoms with E-state index < -0.39 is 18.0 Å². The van der Waals surface area contributed by atoms with Gasteiger partial charge in [-0.15, -0.1) is 5.10 Å². The number of anilines is 2. The zero-order chi connectivity index (χ0) is 32.0. The summed E-state index contributed by atoms with van der Waals surface area (Å²) in [6.07, 6.45) is 1.94. The van der Waals surface area contributed by atoms with Crippen LogP contribution in [0.3, 0.4) is 0 Å². The maximum Gasteiger partial charge on any atom is 0.490 e. The minimum atomic E-state index is -5.08. The molecule has 45 heavy (non-hydrogen) atoms. The number of hydrogen-bond acceptors (Lipinski definition) is 9. The van der Waals surface area contributed by atoms with Crippen molar-refractivity contribution in [3.05, 3.63) is 84.8 Å². The van der Waals surface area contributed by atoms with Gasteiger partial charge in [-0.2, -0.15) is 13.2 Å². The first-order valence-corrected chi connectivity index (χ1v) is 13.7. The number of nitrogens with zero attached hydrogens (tertiary/aromatic N) is 5. The second kappa shape index (κ2) is 13.5. The summed E-state index contributed by atoms with van der Waals surface area (Å²) in [5.74, 6) is -1.35. The monoisotopic (exact) mass is 625 g/mol. The zero-order valence-corrected chi connectivity index (χ0v) is 23.8. The Kier molecular flexibility index (Phi) is 9.37. The number of halogens is 4. The van der Waals surface area contributed by atoms with E-state index in [1.54, 1.807) is 35.3 Å². The maximum absolute atomic E-state index is 15.1. The third-order valence-electron chi connectivity index (χ3n) is 6.58. The molecule has 234 valence electrons. The standard InChI is InChI=1S/C28H26FN7O2.C2HF3O2/c1-18-2-3-19(16-31-18)36-13-10-27(35-36)38-22-5-7-26(24(29)15-22)34-28-23-14-21(4-6-25(23)32-17-33-28)37-20-8-11-30-12-9-20;3-2(4,5)1(6)7/h2-7,10,13-17,20,30H,8-9,11-12H2,1H3,(H,32,33,34);(H,6,7). The number of carboxylic acids is 1. The quantitative estimate of drug-likeness (QED) is 0.186. The number of pyridine rings is 1. The molecule has 1 aliphatic rings. The van der Waals surface area contributed by atoms with E-state index >= 15 is 4.39 Å². The lowest BCUT2D eigenvalue weighted by Crippen LogP contribution is -2.34. The molecule has 0 atom stereocenters. The van der Waals surface area contributed by atoms with Gasteiger partial charge in [0.05, 0.1) is 23.1 Å². The summed E-state index contributed by atoms with van der Waals surface area (Å²) in [6.45, 7) is 3.81. The number of alkyl halides is 3. The van der Waals surface area contributed by atoms with E-state index in [1.807, 2.05) is 37.3 Å². The van der Waals surface area contributed by atoms with Gasteiger partial charge in [-0.05, 0) is 75.3 Å². The molecular weight excluding hydrogens is 598 g/mol. The molecule has 6 rings (SSSR count). The third-order valence-corrected chi connectivity index (χ3v) is 6.58. The Balaban J connectivity index is 0.000000515. The van der Waals surface area contributed by atoms with Crippen LogP contribution in [0.2, 0.25) is 0 Å². The summed E-state index contributed by atoms with van der Waals surface area (Å²) in [4.78, 5) is 21.9. The number of nitrogens with one attached hydrogen (secondary N) is 2. The van der Waals surface area contributed by atoms with Crippen LogP contribution >= 0.6 is 0 Å². The summed E-state index contributed by atoms with van der Waals surface area (Å²) in [5, 5.41) is 18.7. The lowest BCUT2D eigenvalue weighted by atomic mass is 10.1. The molecule has 1 fully saturated rings. The number of carbonyl (C=O) groups is 1. The highest BCUT2D eigenvalue weighted by atomic mass is 19.4. The van der Waals surface area contributed by atoms with E-state index in [0.29, 0.717) is 17.4 Å². The lowest BCUT2D eigenvalue weighted by Gasteiger charge is -2.24. The fraction of sp³-hybridized carbons (Fsp3) is 0.233.